The average Bonchev–Trinajstić information content (AvgIpc) is 2.92. The molecule has 2 rings (SSSR count). The number of nitrogens with one attached hydrogen (secondary N) is 1. The molecular formula is C11H15BrN4O. The molecular weight excluding hydrogens is 284 g/mol. The van der Waals surface area contributed by atoms with Crippen LogP contribution in [0.15, 0.2) is 16.9 Å². The van der Waals surface area contributed by atoms with Crippen molar-refractivity contribution in [2.24, 2.45) is 7.05 Å². The topological polar surface area (TPSA) is 66.7 Å². The van der Waals surface area contributed by atoms with Crippen LogP contribution in [0.1, 0.15) is 30.2 Å². The summed E-state index contributed by atoms with van der Waals surface area (Å²) in [7, 11) is 1.88. The van der Waals surface area contributed by atoms with Crippen LogP contribution < -0.4 is 0 Å². The molecule has 2 heterocycles. The van der Waals surface area contributed by atoms with E-state index in [4.69, 9.17) is 0 Å². The number of rotatable bonds is 4. The fraction of sp³-hybridized carbons (Fsp3) is 0.455. The maximum Gasteiger partial charge on any atom is 0.135 e. The number of H-pyrrole nitrogens is 1. The predicted octanol–water partition coefficient (Wildman–Crippen LogP) is 1.74. The van der Waals surface area contributed by atoms with Crippen molar-refractivity contribution in [3.63, 3.8) is 0 Å². The van der Waals surface area contributed by atoms with E-state index in [1.807, 2.05) is 7.05 Å². The fourth-order valence-corrected chi connectivity index (χ4v) is 2.56. The van der Waals surface area contributed by atoms with E-state index in [-0.39, 0.29) is 0 Å². The lowest BCUT2D eigenvalue weighted by molar-refractivity contribution is 0.166. The van der Waals surface area contributed by atoms with Gasteiger partial charge in [0.1, 0.15) is 11.9 Å². The van der Waals surface area contributed by atoms with Crippen LogP contribution in [0.3, 0.4) is 0 Å². The number of imidazole rings is 1. The number of aliphatic hydroxyl groups is 1. The zero-order valence-electron chi connectivity index (χ0n) is 9.81. The SMILES string of the molecule is CCc1nn(C)c(CC(O)c2ncc[nH]2)c1Br. The van der Waals surface area contributed by atoms with E-state index in [0.29, 0.717) is 12.2 Å². The van der Waals surface area contributed by atoms with Crippen molar-refractivity contribution in [1.29, 1.82) is 0 Å². The zero-order valence-corrected chi connectivity index (χ0v) is 11.4. The third-order valence-corrected chi connectivity index (χ3v) is 3.64. The second-order valence-electron chi connectivity index (χ2n) is 3.88. The molecule has 0 aliphatic carbocycles. The highest BCUT2D eigenvalue weighted by Crippen LogP contribution is 2.25. The Kier molecular flexibility index (Phi) is 3.63. The van der Waals surface area contributed by atoms with Crippen LogP contribution in [0.4, 0.5) is 0 Å². The Bertz CT molecular complexity index is 492. The molecule has 0 bridgehead atoms. The van der Waals surface area contributed by atoms with Crippen molar-refractivity contribution in [2.75, 3.05) is 0 Å². The summed E-state index contributed by atoms with van der Waals surface area (Å²) in [6.07, 6.45) is 4.05. The number of aliphatic hydroxyl groups excluding tert-OH is 1. The fourth-order valence-electron chi connectivity index (χ4n) is 1.78. The molecule has 2 aromatic heterocycles. The van der Waals surface area contributed by atoms with E-state index in [1.165, 1.54) is 0 Å². The van der Waals surface area contributed by atoms with Gasteiger partial charge in [0.15, 0.2) is 0 Å². The van der Waals surface area contributed by atoms with Crippen LogP contribution in [0.5, 0.6) is 0 Å². The number of aromatic nitrogens is 4. The van der Waals surface area contributed by atoms with Gasteiger partial charge in [0.05, 0.1) is 15.9 Å². The minimum atomic E-state index is -0.638. The largest absolute Gasteiger partial charge is 0.385 e. The van der Waals surface area contributed by atoms with Crippen LogP contribution in [-0.2, 0) is 19.9 Å². The van der Waals surface area contributed by atoms with Crippen LogP contribution in [-0.4, -0.2) is 24.9 Å². The van der Waals surface area contributed by atoms with Gasteiger partial charge in [-0.1, -0.05) is 6.92 Å². The molecule has 0 saturated carbocycles. The van der Waals surface area contributed by atoms with Gasteiger partial charge in [-0.2, -0.15) is 5.10 Å². The Hall–Kier alpha value is -1.14. The number of halogens is 1. The highest BCUT2D eigenvalue weighted by Gasteiger charge is 2.18. The highest BCUT2D eigenvalue weighted by molar-refractivity contribution is 9.10. The van der Waals surface area contributed by atoms with Gasteiger partial charge in [0, 0.05) is 25.9 Å². The predicted molar refractivity (Wildman–Crippen MR) is 67.5 cm³/mol. The molecule has 0 radical (unpaired) electrons. The third-order valence-electron chi connectivity index (χ3n) is 2.72. The third kappa shape index (κ3) is 2.42. The van der Waals surface area contributed by atoms with E-state index >= 15 is 0 Å². The van der Waals surface area contributed by atoms with Gasteiger partial charge in [-0.15, -0.1) is 0 Å². The van der Waals surface area contributed by atoms with E-state index in [2.05, 4.69) is 37.9 Å². The van der Waals surface area contributed by atoms with Crippen molar-refractivity contribution in [3.8, 4) is 0 Å². The van der Waals surface area contributed by atoms with Gasteiger partial charge < -0.3 is 10.1 Å². The second kappa shape index (κ2) is 5.01. The van der Waals surface area contributed by atoms with Gasteiger partial charge in [-0.05, 0) is 22.4 Å². The summed E-state index contributed by atoms with van der Waals surface area (Å²) >= 11 is 3.53. The maximum atomic E-state index is 10.0. The molecule has 0 spiro atoms. The van der Waals surface area contributed by atoms with Crippen molar-refractivity contribution in [2.45, 2.75) is 25.9 Å². The number of hydrogen-bond donors (Lipinski definition) is 2. The Balaban J connectivity index is 2.21. The molecule has 17 heavy (non-hydrogen) atoms. The molecule has 6 heteroatoms. The first-order valence-corrected chi connectivity index (χ1v) is 6.30. The Morgan fingerprint density at radius 1 is 1.59 bits per heavy atom. The molecule has 0 aliphatic rings. The molecule has 2 N–H and O–H groups in total. The molecule has 0 aromatic carbocycles. The molecule has 2 aromatic rings. The Morgan fingerprint density at radius 2 is 2.35 bits per heavy atom. The van der Waals surface area contributed by atoms with Gasteiger partial charge in [-0.25, -0.2) is 4.98 Å². The highest BCUT2D eigenvalue weighted by atomic mass is 79.9. The first kappa shape index (κ1) is 12.3. The molecule has 1 unspecified atom stereocenters. The van der Waals surface area contributed by atoms with E-state index < -0.39 is 6.10 Å². The molecule has 92 valence electrons. The quantitative estimate of drug-likeness (QED) is 0.904. The number of aromatic amines is 1. The van der Waals surface area contributed by atoms with Gasteiger partial charge in [0.2, 0.25) is 0 Å². The maximum absolute atomic E-state index is 10.0. The lowest BCUT2D eigenvalue weighted by Crippen LogP contribution is -2.08. The van der Waals surface area contributed by atoms with Crippen LogP contribution >= 0.6 is 15.9 Å². The van der Waals surface area contributed by atoms with Crippen molar-refractivity contribution >= 4 is 15.9 Å². The van der Waals surface area contributed by atoms with Crippen molar-refractivity contribution in [1.82, 2.24) is 19.7 Å². The monoisotopic (exact) mass is 298 g/mol. The Labute approximate surface area is 108 Å². The average molecular weight is 299 g/mol. The minimum Gasteiger partial charge on any atom is -0.385 e. The first-order valence-electron chi connectivity index (χ1n) is 5.51. The van der Waals surface area contributed by atoms with Crippen LogP contribution in [0.2, 0.25) is 0 Å². The summed E-state index contributed by atoms with van der Waals surface area (Å²) < 4.78 is 2.78. The number of aryl methyl sites for hydroxylation is 2. The van der Waals surface area contributed by atoms with Crippen molar-refractivity contribution < 1.29 is 5.11 Å². The molecule has 0 fully saturated rings. The summed E-state index contributed by atoms with van der Waals surface area (Å²) in [5.74, 6) is 0.580. The summed E-state index contributed by atoms with van der Waals surface area (Å²) in [5.41, 5.74) is 1.99. The van der Waals surface area contributed by atoms with Crippen LogP contribution in [0, 0.1) is 0 Å². The van der Waals surface area contributed by atoms with Crippen LogP contribution in [0.25, 0.3) is 0 Å². The standard InChI is InChI=1S/C11H15BrN4O/c1-3-7-10(12)8(16(2)15-7)6-9(17)11-13-4-5-14-11/h4-5,9,17H,3,6H2,1-2H3,(H,13,14). The Morgan fingerprint density at radius 3 is 2.88 bits per heavy atom. The smallest absolute Gasteiger partial charge is 0.135 e. The second-order valence-corrected chi connectivity index (χ2v) is 4.67. The van der Waals surface area contributed by atoms with Gasteiger partial charge in [-0.3, -0.25) is 4.68 Å². The first-order chi connectivity index (χ1) is 8.13. The van der Waals surface area contributed by atoms with Gasteiger partial charge >= 0.3 is 0 Å². The lowest BCUT2D eigenvalue weighted by Gasteiger charge is -2.08. The molecule has 5 nitrogen and oxygen atoms in total. The molecule has 0 amide bonds. The van der Waals surface area contributed by atoms with E-state index in [0.717, 1.165) is 22.3 Å². The summed E-state index contributed by atoms with van der Waals surface area (Å²) in [6.45, 7) is 2.06. The lowest BCUT2D eigenvalue weighted by atomic mass is 10.1. The summed E-state index contributed by atoms with van der Waals surface area (Å²) in [4.78, 5) is 6.96. The van der Waals surface area contributed by atoms with E-state index in [9.17, 15) is 5.11 Å². The minimum absolute atomic E-state index is 0.484. The normalized spacial score (nSPS) is 12.9. The molecule has 1 atom stereocenters. The van der Waals surface area contributed by atoms with Gasteiger partial charge in [0.25, 0.3) is 0 Å². The number of nitrogens with zero attached hydrogens (tertiary/aromatic N) is 3. The molecule has 0 aliphatic heterocycles. The zero-order chi connectivity index (χ0) is 12.4. The number of hydrogen-bond acceptors (Lipinski definition) is 3. The van der Waals surface area contributed by atoms with E-state index in [1.54, 1.807) is 17.1 Å². The summed E-state index contributed by atoms with van der Waals surface area (Å²) in [6, 6.07) is 0. The van der Waals surface area contributed by atoms with Crippen molar-refractivity contribution in [3.05, 3.63) is 34.1 Å². The summed E-state index contributed by atoms with van der Waals surface area (Å²) in [5, 5.41) is 14.4. The molecule has 0 saturated heterocycles.